The standard InChI is InChI=1S/C22H28N2O4S/c1-16-8-9-18(14-17(16)2)22(25)23-20-15-19(10-11-21(20)28-3)29(26,27)24-12-6-4-5-7-13-24/h8-11,14-15H,4-7,12-13H2,1-3H3,(H,23,25). The summed E-state index contributed by atoms with van der Waals surface area (Å²) >= 11 is 0. The van der Waals surface area contributed by atoms with Crippen LogP contribution in [0.5, 0.6) is 5.75 Å². The Hall–Kier alpha value is -2.38. The van der Waals surface area contributed by atoms with E-state index in [1.54, 1.807) is 12.1 Å². The zero-order valence-electron chi connectivity index (χ0n) is 17.2. The van der Waals surface area contributed by atoms with Crippen molar-refractivity contribution in [1.29, 1.82) is 0 Å². The van der Waals surface area contributed by atoms with Gasteiger partial charge in [-0.2, -0.15) is 4.31 Å². The number of methoxy groups -OCH3 is 1. The maximum absolute atomic E-state index is 13.1. The number of benzene rings is 2. The summed E-state index contributed by atoms with van der Waals surface area (Å²) in [6.07, 6.45) is 3.83. The van der Waals surface area contributed by atoms with E-state index >= 15 is 0 Å². The van der Waals surface area contributed by atoms with E-state index in [-0.39, 0.29) is 10.8 Å². The lowest BCUT2D eigenvalue weighted by atomic mass is 10.1. The molecule has 0 saturated carbocycles. The van der Waals surface area contributed by atoms with Gasteiger partial charge in [0, 0.05) is 18.7 Å². The summed E-state index contributed by atoms with van der Waals surface area (Å²) in [5.74, 6) is 0.104. The Morgan fingerprint density at radius 3 is 2.28 bits per heavy atom. The van der Waals surface area contributed by atoms with Gasteiger partial charge in [0.1, 0.15) is 5.75 Å². The monoisotopic (exact) mass is 416 g/mol. The predicted molar refractivity (Wildman–Crippen MR) is 114 cm³/mol. The predicted octanol–water partition coefficient (Wildman–Crippen LogP) is 4.13. The van der Waals surface area contributed by atoms with Gasteiger partial charge in [0.25, 0.3) is 5.91 Å². The fourth-order valence-corrected chi connectivity index (χ4v) is 5.00. The molecule has 0 spiro atoms. The van der Waals surface area contributed by atoms with E-state index < -0.39 is 10.0 Å². The molecule has 0 atom stereocenters. The van der Waals surface area contributed by atoms with Crippen LogP contribution >= 0.6 is 0 Å². The third-order valence-electron chi connectivity index (χ3n) is 5.39. The maximum Gasteiger partial charge on any atom is 0.255 e. The Morgan fingerprint density at radius 2 is 1.66 bits per heavy atom. The van der Waals surface area contributed by atoms with Gasteiger partial charge in [0.15, 0.2) is 0 Å². The number of aryl methyl sites for hydroxylation is 2. The second kappa shape index (κ2) is 8.97. The highest BCUT2D eigenvalue weighted by Gasteiger charge is 2.26. The molecule has 1 aliphatic rings. The molecule has 0 radical (unpaired) electrons. The molecule has 1 N–H and O–H groups in total. The Kier molecular flexibility index (Phi) is 6.59. The van der Waals surface area contributed by atoms with E-state index in [9.17, 15) is 13.2 Å². The second-order valence-corrected chi connectivity index (χ2v) is 9.37. The van der Waals surface area contributed by atoms with E-state index in [4.69, 9.17) is 4.74 Å². The number of hydrogen-bond donors (Lipinski definition) is 1. The summed E-state index contributed by atoms with van der Waals surface area (Å²) in [4.78, 5) is 12.9. The lowest BCUT2D eigenvalue weighted by Gasteiger charge is -2.21. The van der Waals surface area contributed by atoms with Crippen molar-refractivity contribution in [3.8, 4) is 5.75 Å². The van der Waals surface area contributed by atoms with Crippen molar-refractivity contribution in [2.45, 2.75) is 44.4 Å². The van der Waals surface area contributed by atoms with Gasteiger partial charge >= 0.3 is 0 Å². The SMILES string of the molecule is COc1ccc(S(=O)(=O)N2CCCCCC2)cc1NC(=O)c1ccc(C)c(C)c1. The zero-order valence-corrected chi connectivity index (χ0v) is 18.0. The molecule has 29 heavy (non-hydrogen) atoms. The number of nitrogens with zero attached hydrogens (tertiary/aromatic N) is 1. The average molecular weight is 417 g/mol. The maximum atomic E-state index is 13.1. The van der Waals surface area contributed by atoms with Crippen LogP contribution < -0.4 is 10.1 Å². The van der Waals surface area contributed by atoms with Crippen LogP contribution in [-0.2, 0) is 10.0 Å². The van der Waals surface area contributed by atoms with Gasteiger partial charge in [-0.3, -0.25) is 4.79 Å². The van der Waals surface area contributed by atoms with Crippen molar-refractivity contribution in [3.05, 3.63) is 53.1 Å². The fraction of sp³-hybridized carbons (Fsp3) is 0.409. The molecule has 1 amide bonds. The Labute approximate surface area is 172 Å². The molecular weight excluding hydrogens is 388 g/mol. The molecule has 1 aliphatic heterocycles. The van der Waals surface area contributed by atoms with Crippen LogP contribution in [0.15, 0.2) is 41.3 Å². The third kappa shape index (κ3) is 4.79. The first-order valence-electron chi connectivity index (χ1n) is 9.90. The minimum absolute atomic E-state index is 0.163. The van der Waals surface area contributed by atoms with Gasteiger partial charge in [-0.1, -0.05) is 18.9 Å². The molecule has 156 valence electrons. The number of ether oxygens (including phenoxy) is 1. The van der Waals surface area contributed by atoms with Crippen LogP contribution in [0.3, 0.4) is 0 Å². The van der Waals surface area contributed by atoms with Crippen molar-refractivity contribution in [2.24, 2.45) is 0 Å². The lowest BCUT2D eigenvalue weighted by molar-refractivity contribution is 0.102. The quantitative estimate of drug-likeness (QED) is 0.795. The summed E-state index contributed by atoms with van der Waals surface area (Å²) in [7, 11) is -2.13. The number of carbonyl (C=O) groups is 1. The van der Waals surface area contributed by atoms with Crippen molar-refractivity contribution in [3.63, 3.8) is 0 Å². The molecule has 1 fully saturated rings. The van der Waals surface area contributed by atoms with Gasteiger partial charge in [0.05, 0.1) is 17.7 Å². The van der Waals surface area contributed by atoms with Gasteiger partial charge in [-0.25, -0.2) is 8.42 Å². The Balaban J connectivity index is 1.90. The number of sulfonamides is 1. The highest BCUT2D eigenvalue weighted by atomic mass is 32.2. The highest BCUT2D eigenvalue weighted by molar-refractivity contribution is 7.89. The van der Waals surface area contributed by atoms with Gasteiger partial charge in [-0.15, -0.1) is 0 Å². The van der Waals surface area contributed by atoms with Crippen molar-refractivity contribution in [1.82, 2.24) is 4.31 Å². The van der Waals surface area contributed by atoms with E-state index in [1.165, 1.54) is 23.5 Å². The van der Waals surface area contributed by atoms with Gasteiger partial charge < -0.3 is 10.1 Å². The topological polar surface area (TPSA) is 75.7 Å². The summed E-state index contributed by atoms with van der Waals surface area (Å²) in [5.41, 5.74) is 2.97. The number of nitrogens with one attached hydrogen (secondary N) is 1. The van der Waals surface area contributed by atoms with Gasteiger partial charge in [0.2, 0.25) is 10.0 Å². The van der Waals surface area contributed by atoms with E-state index in [2.05, 4.69) is 5.32 Å². The fourth-order valence-electron chi connectivity index (χ4n) is 3.45. The van der Waals surface area contributed by atoms with Crippen LogP contribution in [0, 0.1) is 13.8 Å². The molecular formula is C22H28N2O4S. The smallest absolute Gasteiger partial charge is 0.255 e. The molecule has 0 bridgehead atoms. The summed E-state index contributed by atoms with van der Waals surface area (Å²) in [6.45, 7) is 4.98. The normalized spacial score (nSPS) is 15.6. The van der Waals surface area contributed by atoms with Crippen molar-refractivity contribution in [2.75, 3.05) is 25.5 Å². The second-order valence-electron chi connectivity index (χ2n) is 7.43. The van der Waals surface area contributed by atoms with Crippen LogP contribution in [-0.4, -0.2) is 38.8 Å². The minimum atomic E-state index is -3.62. The van der Waals surface area contributed by atoms with Crippen LogP contribution in [0.4, 0.5) is 5.69 Å². The molecule has 0 aromatic heterocycles. The van der Waals surface area contributed by atoms with Crippen LogP contribution in [0.2, 0.25) is 0 Å². The van der Waals surface area contributed by atoms with E-state index in [0.717, 1.165) is 36.8 Å². The number of hydrogen-bond acceptors (Lipinski definition) is 4. The molecule has 0 aliphatic carbocycles. The minimum Gasteiger partial charge on any atom is -0.495 e. The molecule has 7 heteroatoms. The first-order chi connectivity index (χ1) is 13.8. The summed E-state index contributed by atoms with van der Waals surface area (Å²) in [6, 6.07) is 10.1. The summed E-state index contributed by atoms with van der Waals surface area (Å²) in [5, 5.41) is 2.81. The van der Waals surface area contributed by atoms with E-state index in [0.29, 0.717) is 30.1 Å². The average Bonchev–Trinajstić information content (AvgIpc) is 3.00. The molecule has 1 saturated heterocycles. The summed E-state index contributed by atoms with van der Waals surface area (Å²) < 4.78 is 33.1. The molecule has 2 aromatic rings. The number of carbonyl (C=O) groups excluding carboxylic acids is 1. The van der Waals surface area contributed by atoms with Crippen molar-refractivity contribution >= 4 is 21.6 Å². The number of anilines is 1. The lowest BCUT2D eigenvalue weighted by Crippen LogP contribution is -2.32. The Morgan fingerprint density at radius 1 is 0.966 bits per heavy atom. The van der Waals surface area contributed by atoms with Gasteiger partial charge in [-0.05, 0) is 68.1 Å². The number of amides is 1. The number of rotatable bonds is 5. The molecule has 6 nitrogen and oxygen atoms in total. The Bertz CT molecular complexity index is 994. The first kappa shape index (κ1) is 21.3. The molecule has 2 aromatic carbocycles. The van der Waals surface area contributed by atoms with Crippen LogP contribution in [0.1, 0.15) is 47.2 Å². The molecule has 3 rings (SSSR count). The molecule has 0 unspecified atom stereocenters. The third-order valence-corrected chi connectivity index (χ3v) is 7.29. The van der Waals surface area contributed by atoms with E-state index in [1.807, 2.05) is 26.0 Å². The van der Waals surface area contributed by atoms with Crippen molar-refractivity contribution < 1.29 is 17.9 Å². The largest absolute Gasteiger partial charge is 0.495 e. The zero-order chi connectivity index (χ0) is 21.0. The van der Waals surface area contributed by atoms with Crippen LogP contribution in [0.25, 0.3) is 0 Å². The molecule has 1 heterocycles. The first-order valence-corrected chi connectivity index (χ1v) is 11.3. The highest BCUT2D eigenvalue weighted by Crippen LogP contribution is 2.30.